The second-order valence-electron chi connectivity index (χ2n) is 4.96. The van der Waals surface area contributed by atoms with Crippen LogP contribution >= 0.6 is 0 Å². The molecule has 1 heterocycles. The average molecular weight is 283 g/mol. The third-order valence-electron chi connectivity index (χ3n) is 3.08. The first-order valence-corrected chi connectivity index (χ1v) is 8.15. The Balaban J connectivity index is 2.08. The van der Waals surface area contributed by atoms with Gasteiger partial charge in [-0.3, -0.25) is 4.79 Å². The molecular weight excluding hydrogens is 266 g/mol. The van der Waals surface area contributed by atoms with Crippen LogP contribution in [0.2, 0.25) is 0 Å². The van der Waals surface area contributed by atoms with E-state index in [0.29, 0.717) is 30.6 Å². The van der Waals surface area contributed by atoms with Gasteiger partial charge >= 0.3 is 0 Å². The molecule has 1 fully saturated rings. The van der Waals surface area contributed by atoms with Crippen LogP contribution in [-0.4, -0.2) is 49.8 Å². The molecule has 1 unspecified atom stereocenters. The van der Waals surface area contributed by atoms with E-state index in [-0.39, 0.29) is 11.7 Å². The predicted molar refractivity (Wildman–Crippen MR) is 71.5 cm³/mol. The maximum absolute atomic E-state index is 12.1. The van der Waals surface area contributed by atoms with Gasteiger partial charge in [-0.2, -0.15) is 0 Å². The van der Waals surface area contributed by atoms with Gasteiger partial charge in [0.1, 0.15) is 0 Å². The number of amides is 1. The highest BCUT2D eigenvalue weighted by Gasteiger charge is 2.25. The van der Waals surface area contributed by atoms with E-state index in [2.05, 4.69) is 0 Å². The molecule has 1 N–H and O–H groups in total. The van der Waals surface area contributed by atoms with Crippen molar-refractivity contribution in [1.82, 2.24) is 4.90 Å². The van der Waals surface area contributed by atoms with Crippen LogP contribution in [-0.2, 0) is 15.6 Å². The number of carbonyl (C=O) groups excluding carboxylic acids is 1. The van der Waals surface area contributed by atoms with Crippen LogP contribution in [0.25, 0.3) is 0 Å². The number of β-amino-alcohol motifs (C(OH)–C–C–N with tert-alkyl or cyclic N) is 1. The summed E-state index contributed by atoms with van der Waals surface area (Å²) in [5, 5.41) is 9.41. The number of rotatable bonds is 3. The quantitative estimate of drug-likeness (QED) is 0.873. The highest BCUT2D eigenvalue weighted by Crippen LogP contribution is 2.15. The number of benzene rings is 1. The van der Waals surface area contributed by atoms with Crippen molar-refractivity contribution in [2.75, 3.05) is 19.3 Å². The third-order valence-corrected chi connectivity index (χ3v) is 3.94. The standard InChI is InChI=1S/C13H17NO4S/c1-19(17,18)9-10-2-4-11(5-3-10)13(16)14-7-6-12(15)8-14/h2-5,12,15H,6-9H2,1H3. The molecule has 1 amide bonds. The Hall–Kier alpha value is -1.40. The summed E-state index contributed by atoms with van der Waals surface area (Å²) >= 11 is 0. The zero-order chi connectivity index (χ0) is 14.0. The van der Waals surface area contributed by atoms with Crippen LogP contribution in [0.3, 0.4) is 0 Å². The van der Waals surface area contributed by atoms with Crippen LogP contribution in [0.15, 0.2) is 24.3 Å². The molecule has 1 atom stereocenters. The van der Waals surface area contributed by atoms with Crippen molar-refractivity contribution in [3.63, 3.8) is 0 Å². The second kappa shape index (κ2) is 5.30. The number of carbonyl (C=O) groups is 1. The van der Waals surface area contributed by atoms with E-state index in [1.54, 1.807) is 29.2 Å². The molecule has 0 spiro atoms. The molecule has 19 heavy (non-hydrogen) atoms. The van der Waals surface area contributed by atoms with Crippen LogP contribution in [0.5, 0.6) is 0 Å². The summed E-state index contributed by atoms with van der Waals surface area (Å²) in [5.74, 6) is -0.147. The van der Waals surface area contributed by atoms with Gasteiger partial charge in [0, 0.05) is 24.9 Å². The van der Waals surface area contributed by atoms with Gasteiger partial charge in [-0.1, -0.05) is 12.1 Å². The Morgan fingerprint density at radius 1 is 1.37 bits per heavy atom. The summed E-state index contributed by atoms with van der Waals surface area (Å²) < 4.78 is 22.3. The van der Waals surface area contributed by atoms with E-state index >= 15 is 0 Å². The van der Waals surface area contributed by atoms with Gasteiger partial charge in [0.2, 0.25) is 0 Å². The first-order chi connectivity index (χ1) is 8.85. The Bertz CT molecular complexity index is 565. The van der Waals surface area contributed by atoms with Crippen LogP contribution < -0.4 is 0 Å². The summed E-state index contributed by atoms with van der Waals surface area (Å²) in [5.41, 5.74) is 1.19. The Kier molecular flexibility index (Phi) is 3.91. The zero-order valence-electron chi connectivity index (χ0n) is 10.7. The predicted octanol–water partition coefficient (Wildman–Crippen LogP) is 0.438. The summed E-state index contributed by atoms with van der Waals surface area (Å²) in [7, 11) is -3.06. The van der Waals surface area contributed by atoms with Crippen molar-refractivity contribution in [3.05, 3.63) is 35.4 Å². The van der Waals surface area contributed by atoms with E-state index in [1.165, 1.54) is 6.26 Å². The Morgan fingerprint density at radius 2 is 2.00 bits per heavy atom. The van der Waals surface area contributed by atoms with E-state index in [0.717, 1.165) is 0 Å². The van der Waals surface area contributed by atoms with Gasteiger partial charge in [-0.15, -0.1) is 0 Å². The smallest absolute Gasteiger partial charge is 0.253 e. The number of hydrogen-bond donors (Lipinski definition) is 1. The molecule has 2 rings (SSSR count). The number of hydrogen-bond acceptors (Lipinski definition) is 4. The molecule has 1 saturated heterocycles. The third kappa shape index (κ3) is 3.78. The van der Waals surface area contributed by atoms with Gasteiger partial charge in [0.15, 0.2) is 9.84 Å². The molecule has 0 aliphatic carbocycles. The van der Waals surface area contributed by atoms with Crippen molar-refractivity contribution in [2.24, 2.45) is 0 Å². The number of nitrogens with zero attached hydrogens (tertiary/aromatic N) is 1. The molecule has 104 valence electrons. The van der Waals surface area contributed by atoms with E-state index in [9.17, 15) is 18.3 Å². The number of aliphatic hydroxyl groups excluding tert-OH is 1. The first-order valence-electron chi connectivity index (χ1n) is 6.09. The fourth-order valence-corrected chi connectivity index (χ4v) is 2.95. The molecule has 0 radical (unpaired) electrons. The summed E-state index contributed by atoms with van der Waals surface area (Å²) in [6.07, 6.45) is 1.35. The van der Waals surface area contributed by atoms with Crippen molar-refractivity contribution < 1.29 is 18.3 Å². The fourth-order valence-electron chi connectivity index (χ4n) is 2.16. The zero-order valence-corrected chi connectivity index (χ0v) is 11.6. The largest absolute Gasteiger partial charge is 0.391 e. The molecule has 1 aromatic rings. The fraction of sp³-hybridized carbons (Fsp3) is 0.462. The van der Waals surface area contributed by atoms with Crippen LogP contribution in [0, 0.1) is 0 Å². The average Bonchev–Trinajstić information content (AvgIpc) is 2.74. The minimum atomic E-state index is -3.06. The lowest BCUT2D eigenvalue weighted by molar-refractivity contribution is 0.0765. The molecule has 1 aromatic carbocycles. The monoisotopic (exact) mass is 283 g/mol. The lowest BCUT2D eigenvalue weighted by atomic mass is 10.1. The highest BCUT2D eigenvalue weighted by molar-refractivity contribution is 7.89. The minimum absolute atomic E-state index is 0.0239. The second-order valence-corrected chi connectivity index (χ2v) is 7.10. The van der Waals surface area contributed by atoms with Gasteiger partial charge in [0.05, 0.1) is 11.9 Å². The number of likely N-dealkylation sites (tertiary alicyclic amines) is 1. The van der Waals surface area contributed by atoms with Gasteiger partial charge in [-0.05, 0) is 24.1 Å². The summed E-state index contributed by atoms with van der Waals surface area (Å²) in [6.45, 7) is 0.926. The number of sulfone groups is 1. The highest BCUT2D eigenvalue weighted by atomic mass is 32.2. The van der Waals surface area contributed by atoms with Crippen molar-refractivity contribution in [2.45, 2.75) is 18.3 Å². The molecule has 1 aliphatic heterocycles. The molecule has 1 aliphatic rings. The minimum Gasteiger partial charge on any atom is -0.391 e. The number of aliphatic hydroxyl groups is 1. The topological polar surface area (TPSA) is 74.7 Å². The lowest BCUT2D eigenvalue weighted by Gasteiger charge is -2.15. The van der Waals surface area contributed by atoms with E-state index in [4.69, 9.17) is 0 Å². The van der Waals surface area contributed by atoms with E-state index in [1.807, 2.05) is 0 Å². The molecule has 0 saturated carbocycles. The summed E-state index contributed by atoms with van der Waals surface area (Å²) in [4.78, 5) is 13.7. The van der Waals surface area contributed by atoms with Crippen molar-refractivity contribution in [1.29, 1.82) is 0 Å². The maximum atomic E-state index is 12.1. The Morgan fingerprint density at radius 3 is 2.47 bits per heavy atom. The van der Waals surface area contributed by atoms with Crippen LogP contribution in [0.1, 0.15) is 22.3 Å². The maximum Gasteiger partial charge on any atom is 0.253 e. The Labute approximate surface area is 112 Å². The van der Waals surface area contributed by atoms with Crippen LogP contribution in [0.4, 0.5) is 0 Å². The molecule has 5 nitrogen and oxygen atoms in total. The van der Waals surface area contributed by atoms with E-state index < -0.39 is 15.9 Å². The first kappa shape index (κ1) is 14.0. The lowest BCUT2D eigenvalue weighted by Crippen LogP contribution is -2.29. The summed E-state index contributed by atoms with van der Waals surface area (Å²) in [6, 6.07) is 6.57. The van der Waals surface area contributed by atoms with Gasteiger partial charge < -0.3 is 10.0 Å². The van der Waals surface area contributed by atoms with Crippen molar-refractivity contribution >= 4 is 15.7 Å². The molecule has 0 bridgehead atoms. The van der Waals surface area contributed by atoms with Gasteiger partial charge in [-0.25, -0.2) is 8.42 Å². The SMILES string of the molecule is CS(=O)(=O)Cc1ccc(C(=O)N2CCC(O)C2)cc1. The molecular formula is C13H17NO4S. The van der Waals surface area contributed by atoms with Gasteiger partial charge in [0.25, 0.3) is 5.91 Å². The molecule has 6 heteroatoms. The van der Waals surface area contributed by atoms with Crippen molar-refractivity contribution in [3.8, 4) is 0 Å². The normalized spacial score (nSPS) is 19.7. The molecule has 0 aromatic heterocycles.